The van der Waals surface area contributed by atoms with Gasteiger partial charge in [-0.05, 0) is 48.6 Å². The summed E-state index contributed by atoms with van der Waals surface area (Å²) in [6.45, 7) is 4.73. The molecule has 0 fully saturated rings. The summed E-state index contributed by atoms with van der Waals surface area (Å²) in [5.41, 5.74) is 3.46. The fraction of sp³-hybridized carbons (Fsp3) is 0.474. The first kappa shape index (κ1) is 18.1. The van der Waals surface area contributed by atoms with E-state index in [4.69, 9.17) is 9.47 Å². The number of hydrogen-bond donors (Lipinski definition) is 1. The minimum Gasteiger partial charge on any atom is -0.493 e. The van der Waals surface area contributed by atoms with Gasteiger partial charge in [-0.3, -0.25) is 4.68 Å². The number of nitrogens with one attached hydrogen (secondary N) is 1. The van der Waals surface area contributed by atoms with Crippen LogP contribution >= 0.6 is 0 Å². The Kier molecular flexibility index (Phi) is 5.65. The highest BCUT2D eigenvalue weighted by molar-refractivity contribution is 5.74. The van der Waals surface area contributed by atoms with E-state index in [0.717, 1.165) is 36.3 Å². The minimum atomic E-state index is -0.0259. The number of amides is 2. The Morgan fingerprint density at radius 3 is 2.62 bits per heavy atom. The molecule has 0 aliphatic carbocycles. The smallest absolute Gasteiger partial charge is 0.317 e. The van der Waals surface area contributed by atoms with Gasteiger partial charge < -0.3 is 19.7 Å². The number of nitrogens with zero attached hydrogens (tertiary/aromatic N) is 3. The summed E-state index contributed by atoms with van der Waals surface area (Å²) in [6.07, 6.45) is 5.51. The van der Waals surface area contributed by atoms with Gasteiger partial charge in [0.15, 0.2) is 11.5 Å². The molecule has 0 spiro atoms. The molecule has 0 saturated carbocycles. The number of aryl methyl sites for hydroxylation is 2. The Labute approximate surface area is 153 Å². The second-order valence-electron chi connectivity index (χ2n) is 6.51. The molecule has 1 N–H and O–H groups in total. The molecule has 7 nitrogen and oxygen atoms in total. The second-order valence-corrected chi connectivity index (χ2v) is 6.51. The van der Waals surface area contributed by atoms with Crippen LogP contribution in [-0.4, -0.2) is 48.0 Å². The molecule has 1 aromatic heterocycles. The summed E-state index contributed by atoms with van der Waals surface area (Å²) in [5.74, 6) is 1.43. The first-order valence-electron chi connectivity index (χ1n) is 8.86. The number of carbonyl (C=O) groups is 1. The molecule has 7 heteroatoms. The molecule has 1 aliphatic rings. The third-order valence-electron chi connectivity index (χ3n) is 4.61. The van der Waals surface area contributed by atoms with Crippen LogP contribution in [0.1, 0.15) is 23.1 Å². The van der Waals surface area contributed by atoms with Crippen LogP contribution in [0.3, 0.4) is 0 Å². The highest BCUT2D eigenvalue weighted by atomic mass is 16.5. The highest BCUT2D eigenvalue weighted by Gasteiger charge is 2.22. The average molecular weight is 358 g/mol. The lowest BCUT2D eigenvalue weighted by molar-refractivity contribution is 0.192. The highest BCUT2D eigenvalue weighted by Crippen LogP contribution is 2.33. The summed E-state index contributed by atoms with van der Waals surface area (Å²) in [6, 6.07) is 3.95. The Morgan fingerprint density at radius 1 is 1.23 bits per heavy atom. The van der Waals surface area contributed by atoms with Crippen molar-refractivity contribution in [1.29, 1.82) is 0 Å². The van der Waals surface area contributed by atoms with Crippen LogP contribution in [-0.2, 0) is 19.5 Å². The van der Waals surface area contributed by atoms with Crippen molar-refractivity contribution in [3.8, 4) is 11.5 Å². The summed E-state index contributed by atoms with van der Waals surface area (Å²) in [7, 11) is 3.26. The van der Waals surface area contributed by atoms with E-state index in [1.54, 1.807) is 14.2 Å². The number of aromatic nitrogens is 2. The van der Waals surface area contributed by atoms with Crippen LogP contribution in [0.4, 0.5) is 4.79 Å². The topological polar surface area (TPSA) is 68.6 Å². The fourth-order valence-corrected chi connectivity index (χ4v) is 3.19. The van der Waals surface area contributed by atoms with Crippen molar-refractivity contribution < 1.29 is 14.3 Å². The minimum absolute atomic E-state index is 0.0259. The van der Waals surface area contributed by atoms with E-state index >= 15 is 0 Å². The first-order chi connectivity index (χ1) is 12.6. The Bertz CT molecular complexity index is 772. The zero-order chi connectivity index (χ0) is 18.5. The number of ether oxygens (including phenoxy) is 2. The van der Waals surface area contributed by atoms with Crippen LogP contribution in [0.25, 0.3) is 0 Å². The lowest BCUT2D eigenvalue weighted by atomic mass is 9.99. The molecule has 0 saturated heterocycles. The molecule has 1 aromatic carbocycles. The number of carbonyl (C=O) groups excluding carboxylic acids is 1. The van der Waals surface area contributed by atoms with E-state index in [9.17, 15) is 4.79 Å². The molecule has 3 rings (SSSR count). The largest absolute Gasteiger partial charge is 0.493 e. The Morgan fingerprint density at radius 2 is 1.96 bits per heavy atom. The maximum Gasteiger partial charge on any atom is 0.317 e. The first-order valence-corrected chi connectivity index (χ1v) is 8.86. The predicted octanol–water partition coefficient (Wildman–Crippen LogP) is 2.37. The van der Waals surface area contributed by atoms with Gasteiger partial charge in [-0.1, -0.05) is 0 Å². The number of fused-ring (bicyclic) bond motifs is 1. The van der Waals surface area contributed by atoms with Gasteiger partial charge in [0, 0.05) is 32.4 Å². The molecule has 0 unspecified atom stereocenters. The third kappa shape index (κ3) is 4.09. The number of methoxy groups -OCH3 is 2. The summed E-state index contributed by atoms with van der Waals surface area (Å²) >= 11 is 0. The third-order valence-corrected chi connectivity index (χ3v) is 4.61. The lowest BCUT2D eigenvalue weighted by Gasteiger charge is -2.29. The SMILES string of the molecule is COc1cc2c(cc1OC)CN(C(=O)NCCCn1cc(C)cn1)CC2. The molecule has 2 heterocycles. The molecule has 1 aliphatic heterocycles. The number of urea groups is 1. The van der Waals surface area contributed by atoms with Crippen molar-refractivity contribution in [3.63, 3.8) is 0 Å². The van der Waals surface area contributed by atoms with E-state index < -0.39 is 0 Å². The van der Waals surface area contributed by atoms with Crippen LogP contribution < -0.4 is 14.8 Å². The standard InChI is InChI=1S/C19H26N4O3/c1-14-11-21-23(12-14)7-4-6-20-19(24)22-8-5-15-9-17(25-2)18(26-3)10-16(15)13-22/h9-12H,4-8,13H2,1-3H3,(H,20,24). The van der Waals surface area contributed by atoms with Gasteiger partial charge in [0.05, 0.1) is 20.4 Å². The van der Waals surface area contributed by atoms with Gasteiger partial charge in [-0.15, -0.1) is 0 Å². The maximum absolute atomic E-state index is 12.4. The van der Waals surface area contributed by atoms with Crippen molar-refractivity contribution in [3.05, 3.63) is 41.2 Å². The maximum atomic E-state index is 12.4. The lowest BCUT2D eigenvalue weighted by Crippen LogP contribution is -2.43. The van der Waals surface area contributed by atoms with Crippen molar-refractivity contribution >= 4 is 6.03 Å². The van der Waals surface area contributed by atoms with Crippen molar-refractivity contribution in [1.82, 2.24) is 20.0 Å². The summed E-state index contributed by atoms with van der Waals surface area (Å²) in [5, 5.41) is 7.25. The van der Waals surface area contributed by atoms with Crippen LogP contribution in [0.15, 0.2) is 24.5 Å². The van der Waals surface area contributed by atoms with E-state index in [1.807, 2.05) is 41.0 Å². The summed E-state index contributed by atoms with van der Waals surface area (Å²) in [4.78, 5) is 14.3. The molecule has 0 atom stereocenters. The van der Waals surface area contributed by atoms with Gasteiger partial charge in [0.25, 0.3) is 0 Å². The fourth-order valence-electron chi connectivity index (χ4n) is 3.19. The van der Waals surface area contributed by atoms with Gasteiger partial charge in [0.1, 0.15) is 0 Å². The van der Waals surface area contributed by atoms with Gasteiger partial charge in [-0.2, -0.15) is 5.10 Å². The number of rotatable bonds is 6. The molecular weight excluding hydrogens is 332 g/mol. The van der Waals surface area contributed by atoms with Gasteiger partial charge >= 0.3 is 6.03 Å². The molecule has 140 valence electrons. The quantitative estimate of drug-likeness (QED) is 0.805. The van der Waals surface area contributed by atoms with Crippen LogP contribution in [0.5, 0.6) is 11.5 Å². The van der Waals surface area contributed by atoms with Gasteiger partial charge in [0.2, 0.25) is 0 Å². The molecule has 2 amide bonds. The van der Waals surface area contributed by atoms with E-state index in [1.165, 1.54) is 5.56 Å². The zero-order valence-electron chi connectivity index (χ0n) is 15.6. The molecule has 26 heavy (non-hydrogen) atoms. The van der Waals surface area contributed by atoms with Crippen molar-refractivity contribution in [2.45, 2.75) is 32.9 Å². The van der Waals surface area contributed by atoms with Crippen molar-refractivity contribution in [2.75, 3.05) is 27.3 Å². The number of benzene rings is 1. The molecule has 0 bridgehead atoms. The van der Waals surface area contributed by atoms with Crippen molar-refractivity contribution in [2.24, 2.45) is 0 Å². The molecule has 0 radical (unpaired) electrons. The molecular formula is C19H26N4O3. The normalized spacial score (nSPS) is 13.3. The second kappa shape index (κ2) is 8.12. The Balaban J connectivity index is 1.52. The average Bonchev–Trinajstić information content (AvgIpc) is 3.08. The monoisotopic (exact) mass is 358 g/mol. The van der Waals surface area contributed by atoms with E-state index in [-0.39, 0.29) is 6.03 Å². The van der Waals surface area contributed by atoms with Crippen LogP contribution in [0, 0.1) is 6.92 Å². The predicted molar refractivity (Wildman–Crippen MR) is 98.6 cm³/mol. The summed E-state index contributed by atoms with van der Waals surface area (Å²) < 4.78 is 12.6. The zero-order valence-corrected chi connectivity index (χ0v) is 15.6. The molecule has 2 aromatic rings. The van der Waals surface area contributed by atoms with E-state index in [2.05, 4.69) is 10.4 Å². The van der Waals surface area contributed by atoms with Crippen LogP contribution in [0.2, 0.25) is 0 Å². The van der Waals surface area contributed by atoms with E-state index in [0.29, 0.717) is 25.4 Å². The van der Waals surface area contributed by atoms with Gasteiger partial charge in [-0.25, -0.2) is 4.79 Å². The number of hydrogen-bond acceptors (Lipinski definition) is 4. The Hall–Kier alpha value is -2.70.